The van der Waals surface area contributed by atoms with Gasteiger partial charge in [0, 0.05) is 24.4 Å². The van der Waals surface area contributed by atoms with Crippen LogP contribution < -0.4 is 0 Å². The Morgan fingerprint density at radius 3 is 2.73 bits per heavy atom. The van der Waals surface area contributed by atoms with Crippen LogP contribution in [-0.4, -0.2) is 34.9 Å². The summed E-state index contributed by atoms with van der Waals surface area (Å²) in [7, 11) is -2.26. The predicted molar refractivity (Wildman–Crippen MR) is 92.9 cm³/mol. The smallest absolute Gasteiger partial charge is 0.261 e. The number of aromatic amines is 1. The van der Waals surface area contributed by atoms with Crippen molar-refractivity contribution < 1.29 is 17.4 Å². The third-order valence-electron chi connectivity index (χ3n) is 4.54. The van der Waals surface area contributed by atoms with Crippen molar-refractivity contribution in [3.05, 3.63) is 41.4 Å². The van der Waals surface area contributed by atoms with Gasteiger partial charge in [-0.2, -0.15) is 9.29 Å². The fraction of sp³-hybridized carbons (Fsp3) is 0.412. The average molecular weight is 376 g/mol. The van der Waals surface area contributed by atoms with E-state index in [0.717, 1.165) is 12.8 Å². The van der Waals surface area contributed by atoms with E-state index >= 15 is 0 Å². The van der Waals surface area contributed by atoms with E-state index in [4.69, 9.17) is 8.94 Å². The standard InChI is InChI=1S/C17H20N4O4S/c1-10-14(17-19-16(20-25-17)12-6-7-12)15(11(2)18-10)26(22,23)21(3)9-13-5-4-8-24-13/h4-5,8,12,18H,6-7,9H2,1-3H3. The number of rotatable bonds is 6. The molecule has 1 aliphatic carbocycles. The quantitative estimate of drug-likeness (QED) is 0.709. The molecule has 0 atom stereocenters. The number of furan rings is 1. The Balaban J connectivity index is 1.75. The fourth-order valence-electron chi connectivity index (χ4n) is 3.04. The van der Waals surface area contributed by atoms with Gasteiger partial charge in [-0.15, -0.1) is 0 Å². The molecule has 138 valence electrons. The molecule has 0 spiro atoms. The van der Waals surface area contributed by atoms with Crippen LogP contribution >= 0.6 is 0 Å². The van der Waals surface area contributed by atoms with Gasteiger partial charge in [0.05, 0.1) is 18.4 Å². The van der Waals surface area contributed by atoms with E-state index in [1.54, 1.807) is 26.0 Å². The average Bonchev–Trinajstić information content (AvgIpc) is 2.98. The lowest BCUT2D eigenvalue weighted by molar-refractivity contribution is 0.405. The van der Waals surface area contributed by atoms with Crippen molar-refractivity contribution in [3.8, 4) is 11.5 Å². The highest BCUT2D eigenvalue weighted by Gasteiger charge is 2.34. The van der Waals surface area contributed by atoms with Gasteiger partial charge in [0.25, 0.3) is 5.89 Å². The zero-order chi connectivity index (χ0) is 18.5. The van der Waals surface area contributed by atoms with Gasteiger partial charge in [-0.25, -0.2) is 8.42 Å². The summed E-state index contributed by atoms with van der Waals surface area (Å²) in [6, 6.07) is 3.47. The zero-order valence-electron chi connectivity index (χ0n) is 14.8. The maximum Gasteiger partial charge on any atom is 0.261 e. The Labute approximate surface area is 151 Å². The molecule has 0 bridgehead atoms. The van der Waals surface area contributed by atoms with Crippen molar-refractivity contribution in [2.75, 3.05) is 7.05 Å². The summed E-state index contributed by atoms with van der Waals surface area (Å²) < 4.78 is 38.3. The number of sulfonamides is 1. The molecule has 3 aromatic rings. The molecule has 1 N–H and O–H groups in total. The molecule has 9 heteroatoms. The van der Waals surface area contributed by atoms with E-state index in [9.17, 15) is 8.42 Å². The second-order valence-corrected chi connectivity index (χ2v) is 8.63. The van der Waals surface area contributed by atoms with Crippen molar-refractivity contribution >= 4 is 10.0 Å². The topological polar surface area (TPSA) is 105 Å². The largest absolute Gasteiger partial charge is 0.468 e. The number of nitrogens with zero attached hydrogens (tertiary/aromatic N) is 3. The molecule has 0 aromatic carbocycles. The highest BCUT2D eigenvalue weighted by atomic mass is 32.2. The summed E-state index contributed by atoms with van der Waals surface area (Å²) in [6.45, 7) is 3.66. The van der Waals surface area contributed by atoms with E-state index in [2.05, 4.69) is 15.1 Å². The summed E-state index contributed by atoms with van der Waals surface area (Å²) in [4.78, 5) is 7.68. The second-order valence-electron chi connectivity index (χ2n) is 6.65. The van der Waals surface area contributed by atoms with Crippen LogP contribution in [0.5, 0.6) is 0 Å². The Bertz CT molecular complexity index is 1030. The maximum atomic E-state index is 13.2. The number of H-pyrrole nitrogens is 1. The highest BCUT2D eigenvalue weighted by molar-refractivity contribution is 7.89. The molecule has 26 heavy (non-hydrogen) atoms. The van der Waals surface area contributed by atoms with E-state index < -0.39 is 10.0 Å². The molecule has 0 unspecified atom stereocenters. The van der Waals surface area contributed by atoms with Crippen LogP contribution in [0.4, 0.5) is 0 Å². The monoisotopic (exact) mass is 376 g/mol. The molecule has 4 rings (SSSR count). The number of hydrogen-bond donors (Lipinski definition) is 1. The molecule has 0 saturated heterocycles. The van der Waals surface area contributed by atoms with E-state index in [1.807, 2.05) is 0 Å². The maximum absolute atomic E-state index is 13.2. The van der Waals surface area contributed by atoms with Gasteiger partial charge in [-0.1, -0.05) is 5.16 Å². The molecule has 8 nitrogen and oxygen atoms in total. The van der Waals surface area contributed by atoms with E-state index in [-0.39, 0.29) is 17.3 Å². The van der Waals surface area contributed by atoms with E-state index in [1.165, 1.54) is 17.6 Å². The summed E-state index contributed by atoms with van der Waals surface area (Å²) >= 11 is 0. The van der Waals surface area contributed by atoms with Gasteiger partial charge in [0.15, 0.2) is 5.82 Å². The Morgan fingerprint density at radius 2 is 2.08 bits per heavy atom. The first kappa shape index (κ1) is 17.0. The van der Waals surface area contributed by atoms with Crippen molar-refractivity contribution in [2.24, 2.45) is 0 Å². The molecule has 1 fully saturated rings. The Morgan fingerprint density at radius 1 is 1.31 bits per heavy atom. The first-order valence-corrected chi connectivity index (χ1v) is 9.83. The number of aryl methyl sites for hydroxylation is 2. The Kier molecular flexibility index (Phi) is 4.00. The molecule has 3 heterocycles. The molecule has 3 aromatic heterocycles. The zero-order valence-corrected chi connectivity index (χ0v) is 15.6. The lowest BCUT2D eigenvalue weighted by Gasteiger charge is -2.16. The molecule has 0 aliphatic heterocycles. The SMILES string of the molecule is Cc1[nH]c(C)c(S(=O)(=O)N(C)Cc2ccco2)c1-c1nc(C2CC2)no1. The van der Waals surface area contributed by atoms with Crippen LogP contribution in [0.2, 0.25) is 0 Å². The number of hydrogen-bond acceptors (Lipinski definition) is 6. The molecule has 1 aliphatic rings. The lowest BCUT2D eigenvalue weighted by Crippen LogP contribution is -2.27. The predicted octanol–water partition coefficient (Wildman–Crippen LogP) is 2.97. The van der Waals surface area contributed by atoms with Crippen molar-refractivity contribution in [1.82, 2.24) is 19.4 Å². The van der Waals surface area contributed by atoms with Crippen LogP contribution in [0.25, 0.3) is 11.5 Å². The van der Waals surface area contributed by atoms with Crippen molar-refractivity contribution in [2.45, 2.75) is 44.0 Å². The van der Waals surface area contributed by atoms with Gasteiger partial charge < -0.3 is 13.9 Å². The van der Waals surface area contributed by atoms with Gasteiger partial charge in [0.1, 0.15) is 10.7 Å². The highest BCUT2D eigenvalue weighted by Crippen LogP contribution is 2.40. The van der Waals surface area contributed by atoms with Crippen LogP contribution in [0, 0.1) is 13.8 Å². The normalized spacial score (nSPS) is 15.1. The second kappa shape index (κ2) is 6.10. The van der Waals surface area contributed by atoms with Crippen LogP contribution in [0.1, 0.15) is 41.7 Å². The van der Waals surface area contributed by atoms with Gasteiger partial charge >= 0.3 is 0 Å². The first-order chi connectivity index (χ1) is 12.4. The van der Waals surface area contributed by atoms with Gasteiger partial charge in [0.2, 0.25) is 10.0 Å². The summed E-state index contributed by atoms with van der Waals surface area (Å²) in [5.74, 6) is 1.77. The summed E-state index contributed by atoms with van der Waals surface area (Å²) in [6.07, 6.45) is 3.60. The third-order valence-corrected chi connectivity index (χ3v) is 6.52. The lowest BCUT2D eigenvalue weighted by atomic mass is 10.2. The molecule has 1 saturated carbocycles. The molecule has 0 radical (unpaired) electrons. The van der Waals surface area contributed by atoms with Gasteiger partial charge in [-0.05, 0) is 38.8 Å². The minimum Gasteiger partial charge on any atom is -0.468 e. The molecular weight excluding hydrogens is 356 g/mol. The third kappa shape index (κ3) is 2.86. The summed E-state index contributed by atoms with van der Waals surface area (Å²) in [5, 5.41) is 4.01. The van der Waals surface area contributed by atoms with Crippen molar-refractivity contribution in [1.29, 1.82) is 0 Å². The minimum absolute atomic E-state index is 0.135. The number of aromatic nitrogens is 3. The fourth-order valence-corrected chi connectivity index (χ4v) is 4.59. The molecule has 0 amide bonds. The Hall–Kier alpha value is -2.39. The number of nitrogens with one attached hydrogen (secondary N) is 1. The minimum atomic E-state index is -3.78. The van der Waals surface area contributed by atoms with Crippen LogP contribution in [0.3, 0.4) is 0 Å². The van der Waals surface area contributed by atoms with Gasteiger partial charge in [-0.3, -0.25) is 0 Å². The van der Waals surface area contributed by atoms with E-state index in [0.29, 0.717) is 34.5 Å². The van der Waals surface area contributed by atoms with Crippen LogP contribution in [-0.2, 0) is 16.6 Å². The first-order valence-electron chi connectivity index (χ1n) is 8.39. The summed E-state index contributed by atoms with van der Waals surface area (Å²) in [5.41, 5.74) is 1.65. The van der Waals surface area contributed by atoms with Crippen molar-refractivity contribution in [3.63, 3.8) is 0 Å². The van der Waals surface area contributed by atoms with Crippen LogP contribution in [0.15, 0.2) is 32.2 Å². The molecular formula is C17H20N4O4S.